The van der Waals surface area contributed by atoms with Crippen molar-refractivity contribution in [1.29, 1.82) is 5.26 Å². The minimum Gasteiger partial charge on any atom is -0.494 e. The van der Waals surface area contributed by atoms with E-state index in [1.54, 1.807) is 19.2 Å². The Morgan fingerprint density at radius 2 is 2.06 bits per heavy atom. The summed E-state index contributed by atoms with van der Waals surface area (Å²) in [6, 6.07) is 8.25. The molecular formula is C14H19FN2O. The molecule has 1 unspecified atom stereocenters. The van der Waals surface area contributed by atoms with Crippen LogP contribution in [-0.4, -0.2) is 19.2 Å². The normalized spacial score (nSPS) is 13.7. The minimum atomic E-state index is -0.466. The molecule has 1 aromatic rings. The summed E-state index contributed by atoms with van der Waals surface area (Å²) in [6.07, 6.45) is 2.27. The van der Waals surface area contributed by atoms with Gasteiger partial charge in [-0.2, -0.15) is 5.26 Å². The highest BCUT2D eigenvalue weighted by atomic mass is 19.1. The Hall–Kier alpha value is -1.60. The number of rotatable bonds is 7. The molecular weight excluding hydrogens is 231 g/mol. The molecule has 0 bridgehead atoms. The predicted molar refractivity (Wildman–Crippen MR) is 68.8 cm³/mol. The van der Waals surface area contributed by atoms with Gasteiger partial charge in [0, 0.05) is 0 Å². The fraction of sp³-hybridized carbons (Fsp3) is 0.500. The lowest BCUT2D eigenvalue weighted by Crippen LogP contribution is -2.41. The van der Waals surface area contributed by atoms with Crippen LogP contribution in [-0.2, 0) is 0 Å². The lowest BCUT2D eigenvalue weighted by Gasteiger charge is -2.24. The first-order valence-corrected chi connectivity index (χ1v) is 6.14. The average molecular weight is 250 g/mol. The van der Waals surface area contributed by atoms with Gasteiger partial charge in [0.25, 0.3) is 0 Å². The summed E-state index contributed by atoms with van der Waals surface area (Å²) in [6.45, 7) is 2.51. The van der Waals surface area contributed by atoms with Crippen LogP contribution in [0.2, 0.25) is 0 Å². The summed E-state index contributed by atoms with van der Waals surface area (Å²) in [5.41, 5.74) is -0.466. The van der Waals surface area contributed by atoms with E-state index in [-0.39, 0.29) is 5.82 Å². The van der Waals surface area contributed by atoms with E-state index in [0.717, 1.165) is 19.3 Å². The number of hydrogen-bond acceptors (Lipinski definition) is 3. The number of nitriles is 1. The van der Waals surface area contributed by atoms with E-state index in [0.29, 0.717) is 12.4 Å². The largest absolute Gasteiger partial charge is 0.494 e. The molecule has 1 atom stereocenters. The molecule has 0 saturated carbocycles. The smallest absolute Gasteiger partial charge is 0.123 e. The van der Waals surface area contributed by atoms with Gasteiger partial charge in [0.1, 0.15) is 17.1 Å². The molecule has 0 radical (unpaired) electrons. The van der Waals surface area contributed by atoms with Crippen LogP contribution in [0.25, 0.3) is 0 Å². The van der Waals surface area contributed by atoms with Crippen LogP contribution < -0.4 is 10.1 Å². The third-order valence-electron chi connectivity index (χ3n) is 3.13. The van der Waals surface area contributed by atoms with Gasteiger partial charge in [-0.3, -0.25) is 0 Å². The number of hydrogen-bond donors (Lipinski definition) is 1. The first-order chi connectivity index (χ1) is 8.65. The number of benzene rings is 1. The average Bonchev–Trinajstić information content (AvgIpc) is 2.42. The van der Waals surface area contributed by atoms with Gasteiger partial charge in [0.05, 0.1) is 12.7 Å². The van der Waals surface area contributed by atoms with E-state index in [9.17, 15) is 4.39 Å². The van der Waals surface area contributed by atoms with Crippen LogP contribution >= 0.6 is 0 Å². The first kappa shape index (κ1) is 14.5. The van der Waals surface area contributed by atoms with Gasteiger partial charge < -0.3 is 10.1 Å². The van der Waals surface area contributed by atoms with Gasteiger partial charge in [-0.15, -0.1) is 0 Å². The molecule has 0 amide bonds. The van der Waals surface area contributed by atoms with Crippen LogP contribution in [0.15, 0.2) is 24.3 Å². The summed E-state index contributed by atoms with van der Waals surface area (Å²) >= 11 is 0. The standard InChI is InChI=1S/C14H19FN2O/c1-3-14(11-16,17-2)9-4-10-18-13-7-5-12(15)6-8-13/h5-8,17H,3-4,9-10H2,1-2H3. The molecule has 1 N–H and O–H groups in total. The number of nitrogens with zero attached hydrogens (tertiary/aromatic N) is 1. The minimum absolute atomic E-state index is 0.271. The summed E-state index contributed by atoms with van der Waals surface area (Å²) < 4.78 is 18.2. The first-order valence-electron chi connectivity index (χ1n) is 6.14. The van der Waals surface area contributed by atoms with Gasteiger partial charge >= 0.3 is 0 Å². The molecule has 1 rings (SSSR count). The topological polar surface area (TPSA) is 45.0 Å². The summed E-state index contributed by atoms with van der Waals surface area (Å²) in [7, 11) is 1.80. The molecule has 0 aliphatic carbocycles. The lowest BCUT2D eigenvalue weighted by atomic mass is 9.92. The van der Waals surface area contributed by atoms with Crippen molar-refractivity contribution < 1.29 is 9.13 Å². The Balaban J connectivity index is 2.34. The van der Waals surface area contributed by atoms with E-state index in [4.69, 9.17) is 10.00 Å². The molecule has 0 aliphatic heterocycles. The molecule has 4 heteroatoms. The van der Waals surface area contributed by atoms with E-state index in [1.165, 1.54) is 12.1 Å². The van der Waals surface area contributed by atoms with Gasteiger partial charge in [-0.25, -0.2) is 4.39 Å². The Morgan fingerprint density at radius 3 is 2.56 bits per heavy atom. The number of ether oxygens (including phenoxy) is 1. The van der Waals surface area contributed by atoms with Gasteiger partial charge in [0.15, 0.2) is 0 Å². The van der Waals surface area contributed by atoms with Crippen molar-refractivity contribution in [3.63, 3.8) is 0 Å². The summed E-state index contributed by atoms with van der Waals surface area (Å²) in [5, 5.41) is 12.2. The predicted octanol–water partition coefficient (Wildman–Crippen LogP) is 2.88. The zero-order valence-electron chi connectivity index (χ0n) is 10.9. The second kappa shape index (κ2) is 6.97. The van der Waals surface area contributed by atoms with E-state index in [2.05, 4.69) is 11.4 Å². The third kappa shape index (κ3) is 4.01. The van der Waals surface area contributed by atoms with E-state index in [1.807, 2.05) is 6.92 Å². The van der Waals surface area contributed by atoms with Gasteiger partial charge in [0.2, 0.25) is 0 Å². The van der Waals surface area contributed by atoms with Gasteiger partial charge in [-0.05, 0) is 50.6 Å². The number of nitrogens with one attached hydrogen (secondary N) is 1. The maximum atomic E-state index is 12.7. The van der Waals surface area contributed by atoms with Crippen LogP contribution in [0.5, 0.6) is 5.75 Å². The van der Waals surface area contributed by atoms with Crippen molar-refractivity contribution in [3.8, 4) is 11.8 Å². The lowest BCUT2D eigenvalue weighted by molar-refractivity contribution is 0.281. The molecule has 0 saturated heterocycles. The maximum absolute atomic E-state index is 12.7. The monoisotopic (exact) mass is 250 g/mol. The van der Waals surface area contributed by atoms with Gasteiger partial charge in [-0.1, -0.05) is 6.92 Å². The Kier molecular flexibility index (Phi) is 5.60. The van der Waals surface area contributed by atoms with Crippen molar-refractivity contribution in [2.24, 2.45) is 0 Å². The molecule has 1 aromatic carbocycles. The Morgan fingerprint density at radius 1 is 1.39 bits per heavy atom. The van der Waals surface area contributed by atoms with Crippen molar-refractivity contribution in [1.82, 2.24) is 5.32 Å². The Bertz CT molecular complexity index is 393. The quantitative estimate of drug-likeness (QED) is 0.757. The zero-order chi connectivity index (χ0) is 13.4. The maximum Gasteiger partial charge on any atom is 0.123 e. The van der Waals surface area contributed by atoms with Crippen LogP contribution in [0, 0.1) is 17.1 Å². The summed E-state index contributed by atoms with van der Waals surface area (Å²) in [5.74, 6) is 0.381. The van der Waals surface area contributed by atoms with Crippen molar-refractivity contribution in [2.45, 2.75) is 31.7 Å². The molecule has 3 nitrogen and oxygen atoms in total. The molecule has 18 heavy (non-hydrogen) atoms. The highest BCUT2D eigenvalue weighted by Gasteiger charge is 2.24. The van der Waals surface area contributed by atoms with Crippen LogP contribution in [0.4, 0.5) is 4.39 Å². The fourth-order valence-corrected chi connectivity index (χ4v) is 1.76. The van der Waals surface area contributed by atoms with Crippen LogP contribution in [0.1, 0.15) is 26.2 Å². The van der Waals surface area contributed by atoms with Crippen molar-refractivity contribution in [2.75, 3.05) is 13.7 Å². The molecule has 0 fully saturated rings. The highest BCUT2D eigenvalue weighted by Crippen LogP contribution is 2.17. The second-order valence-electron chi connectivity index (χ2n) is 4.20. The zero-order valence-corrected chi connectivity index (χ0v) is 10.9. The molecule has 0 aliphatic rings. The van der Waals surface area contributed by atoms with Crippen molar-refractivity contribution in [3.05, 3.63) is 30.1 Å². The van der Waals surface area contributed by atoms with E-state index < -0.39 is 5.54 Å². The highest BCUT2D eigenvalue weighted by molar-refractivity contribution is 5.22. The van der Waals surface area contributed by atoms with Crippen LogP contribution in [0.3, 0.4) is 0 Å². The summed E-state index contributed by atoms with van der Waals surface area (Å²) in [4.78, 5) is 0. The SMILES string of the molecule is CCC(C#N)(CCCOc1ccc(F)cc1)NC. The molecule has 98 valence electrons. The Labute approximate surface area is 108 Å². The molecule has 0 heterocycles. The number of halogens is 1. The second-order valence-corrected chi connectivity index (χ2v) is 4.20. The fourth-order valence-electron chi connectivity index (χ4n) is 1.76. The third-order valence-corrected chi connectivity index (χ3v) is 3.13. The van der Waals surface area contributed by atoms with E-state index >= 15 is 0 Å². The molecule has 0 spiro atoms. The molecule has 0 aromatic heterocycles. The van der Waals surface area contributed by atoms with Crippen molar-refractivity contribution >= 4 is 0 Å².